The van der Waals surface area contributed by atoms with Gasteiger partial charge in [-0.15, -0.1) is 0 Å². The van der Waals surface area contributed by atoms with Gasteiger partial charge >= 0.3 is 5.97 Å². The van der Waals surface area contributed by atoms with Gasteiger partial charge in [-0.05, 0) is 36.2 Å². The lowest BCUT2D eigenvalue weighted by molar-refractivity contribution is -0.371. The minimum atomic E-state index is -1.33. The number of rotatable bonds is 6. The molecule has 0 radical (unpaired) electrons. The number of benzene rings is 2. The third-order valence-corrected chi connectivity index (χ3v) is 3.98. The molecule has 4 N–H and O–H groups in total. The molecule has 0 aliphatic carbocycles. The Balaban J connectivity index is 0.000000279. The largest absolute Gasteiger partial charge is 0.550 e. The van der Waals surface area contributed by atoms with Crippen molar-refractivity contribution < 1.29 is 30.0 Å². The van der Waals surface area contributed by atoms with Gasteiger partial charge in [0.15, 0.2) is 5.58 Å². The standard InChI is InChI=1S/C16H16N2O.C4H6O4/c1-11(10-17)13-7-8-14-15(9-13)19-16(18-14)12-5-3-2-4-6-12;5-3(6)1-2-4(7)8/h2-9,11H,10,17H2,1H3;1-2H2,(H,5,6)(H,7,8). The summed E-state index contributed by atoms with van der Waals surface area (Å²) in [5.41, 5.74) is 7.95. The number of carbonyl (C=O) groups is 2. The molecule has 1 aromatic heterocycles. The van der Waals surface area contributed by atoms with E-state index in [-0.39, 0.29) is 6.42 Å². The van der Waals surface area contributed by atoms with Gasteiger partial charge in [0.1, 0.15) is 5.52 Å². The van der Waals surface area contributed by atoms with Gasteiger partial charge in [-0.25, -0.2) is 4.98 Å². The minimum Gasteiger partial charge on any atom is -0.550 e. The van der Waals surface area contributed by atoms with Crippen LogP contribution in [0.15, 0.2) is 52.9 Å². The lowest BCUT2D eigenvalue weighted by Gasteiger charge is -2.05. The smallest absolute Gasteiger partial charge is 0.303 e. The number of hydrogen-bond acceptors (Lipinski definition) is 5. The van der Waals surface area contributed by atoms with Crippen molar-refractivity contribution >= 4 is 23.0 Å². The fourth-order valence-corrected chi connectivity index (χ4v) is 2.33. The number of carboxylic acids is 2. The maximum atomic E-state index is 9.61. The Bertz CT molecular complexity index is 891. The lowest BCUT2D eigenvalue weighted by Crippen LogP contribution is -2.52. The van der Waals surface area contributed by atoms with E-state index in [4.69, 9.17) is 9.52 Å². The van der Waals surface area contributed by atoms with E-state index < -0.39 is 18.4 Å². The van der Waals surface area contributed by atoms with Gasteiger partial charge in [0.2, 0.25) is 5.89 Å². The number of carbonyl (C=O) groups excluding carboxylic acids is 1. The second-order valence-corrected chi connectivity index (χ2v) is 6.07. The van der Waals surface area contributed by atoms with Crippen molar-refractivity contribution in [3.8, 4) is 11.5 Å². The predicted molar refractivity (Wildman–Crippen MR) is 97.5 cm³/mol. The Kier molecular flexibility index (Phi) is 7.08. The average molecular weight is 370 g/mol. The Morgan fingerprint density at radius 3 is 2.44 bits per heavy atom. The molecule has 7 nitrogen and oxygen atoms in total. The van der Waals surface area contributed by atoms with E-state index >= 15 is 0 Å². The normalized spacial score (nSPS) is 11.5. The number of aromatic nitrogens is 1. The summed E-state index contributed by atoms with van der Waals surface area (Å²) in [5, 5.41) is 17.4. The molecule has 0 saturated heterocycles. The summed E-state index contributed by atoms with van der Waals surface area (Å²) in [7, 11) is 0. The first-order valence-electron chi connectivity index (χ1n) is 8.57. The van der Waals surface area contributed by atoms with Crippen LogP contribution >= 0.6 is 0 Å². The van der Waals surface area contributed by atoms with Gasteiger partial charge in [-0.3, -0.25) is 4.79 Å². The molecule has 3 rings (SSSR count). The number of quaternary nitrogens is 1. The summed E-state index contributed by atoms with van der Waals surface area (Å²) >= 11 is 0. The molecule has 0 aliphatic rings. The molecule has 0 amide bonds. The SMILES string of the molecule is CC(C[NH3+])c1ccc2nc(-c3ccccc3)oc2c1.O=C([O-])CCC(=O)O. The van der Waals surface area contributed by atoms with Crippen LogP contribution in [0.1, 0.15) is 31.2 Å². The number of nitrogens with zero attached hydrogens (tertiary/aromatic N) is 1. The molecule has 1 atom stereocenters. The second kappa shape index (κ2) is 9.49. The zero-order valence-corrected chi connectivity index (χ0v) is 15.1. The van der Waals surface area contributed by atoms with Crippen molar-refractivity contribution in [3.63, 3.8) is 0 Å². The summed E-state index contributed by atoms with van der Waals surface area (Å²) < 4.78 is 5.86. The molecular formula is C20H22N2O5. The molecular weight excluding hydrogens is 348 g/mol. The molecule has 3 aromatic rings. The molecule has 0 spiro atoms. The van der Waals surface area contributed by atoms with Gasteiger partial charge < -0.3 is 25.2 Å². The number of oxazole rings is 1. The topological polar surface area (TPSA) is 131 Å². The molecule has 0 fully saturated rings. The van der Waals surface area contributed by atoms with Crippen molar-refractivity contribution in [2.24, 2.45) is 0 Å². The minimum absolute atomic E-state index is 0.359. The average Bonchev–Trinajstić information content (AvgIpc) is 3.10. The molecule has 1 unspecified atom stereocenters. The molecule has 27 heavy (non-hydrogen) atoms. The van der Waals surface area contributed by atoms with Crippen LogP contribution in [0, 0.1) is 0 Å². The van der Waals surface area contributed by atoms with Crippen LogP contribution < -0.4 is 10.8 Å². The zero-order chi connectivity index (χ0) is 19.8. The van der Waals surface area contributed by atoms with Crippen LogP contribution in [0.25, 0.3) is 22.6 Å². The van der Waals surface area contributed by atoms with E-state index in [0.29, 0.717) is 11.8 Å². The second-order valence-electron chi connectivity index (χ2n) is 6.07. The van der Waals surface area contributed by atoms with Gasteiger partial charge in [0.05, 0.1) is 13.0 Å². The fraction of sp³-hybridized carbons (Fsp3) is 0.250. The van der Waals surface area contributed by atoms with E-state index in [9.17, 15) is 14.7 Å². The van der Waals surface area contributed by atoms with E-state index in [0.717, 1.165) is 23.2 Å². The maximum absolute atomic E-state index is 9.61. The Morgan fingerprint density at radius 2 is 1.89 bits per heavy atom. The first-order valence-corrected chi connectivity index (χ1v) is 8.57. The number of aliphatic carboxylic acids is 2. The molecule has 7 heteroatoms. The van der Waals surface area contributed by atoms with Gasteiger partial charge in [-0.2, -0.15) is 0 Å². The third-order valence-electron chi connectivity index (χ3n) is 3.98. The Hall–Kier alpha value is -3.19. The summed E-state index contributed by atoms with van der Waals surface area (Å²) in [5.74, 6) is -1.33. The van der Waals surface area contributed by atoms with E-state index in [1.165, 1.54) is 5.56 Å². The number of fused-ring (bicyclic) bond motifs is 1. The predicted octanol–water partition coefficient (Wildman–Crippen LogP) is 1.44. The number of carboxylic acid groups (broad SMARTS) is 2. The van der Waals surface area contributed by atoms with Gasteiger partial charge in [-0.1, -0.05) is 31.2 Å². The first kappa shape index (κ1) is 20.1. The summed E-state index contributed by atoms with van der Waals surface area (Å²) in [6, 6.07) is 16.2. The summed E-state index contributed by atoms with van der Waals surface area (Å²) in [6.07, 6.45) is -0.766. The van der Waals surface area contributed by atoms with E-state index in [2.05, 4.69) is 29.8 Å². The first-order chi connectivity index (χ1) is 12.9. The van der Waals surface area contributed by atoms with Crippen LogP contribution in [-0.2, 0) is 9.59 Å². The molecule has 0 aliphatic heterocycles. The van der Waals surface area contributed by atoms with Crippen molar-refractivity contribution in [1.82, 2.24) is 4.98 Å². The van der Waals surface area contributed by atoms with Crippen molar-refractivity contribution in [2.75, 3.05) is 6.54 Å². The maximum Gasteiger partial charge on any atom is 0.303 e. The quantitative estimate of drug-likeness (QED) is 0.675. The molecule has 1 heterocycles. The van der Waals surface area contributed by atoms with Crippen molar-refractivity contribution in [3.05, 3.63) is 54.1 Å². The highest BCUT2D eigenvalue weighted by Gasteiger charge is 2.11. The van der Waals surface area contributed by atoms with Crippen LogP contribution in [0.5, 0.6) is 0 Å². The molecule has 0 bridgehead atoms. The van der Waals surface area contributed by atoms with Crippen molar-refractivity contribution in [2.45, 2.75) is 25.7 Å². The summed E-state index contributed by atoms with van der Waals surface area (Å²) in [4.78, 5) is 23.7. The zero-order valence-electron chi connectivity index (χ0n) is 15.1. The Morgan fingerprint density at radius 1 is 1.19 bits per heavy atom. The van der Waals surface area contributed by atoms with Crippen LogP contribution in [0.3, 0.4) is 0 Å². The molecule has 142 valence electrons. The third kappa shape index (κ3) is 5.93. The van der Waals surface area contributed by atoms with Crippen LogP contribution in [0.4, 0.5) is 0 Å². The summed E-state index contributed by atoms with van der Waals surface area (Å²) in [6.45, 7) is 3.05. The van der Waals surface area contributed by atoms with Crippen LogP contribution in [0.2, 0.25) is 0 Å². The van der Waals surface area contributed by atoms with Gasteiger partial charge in [0, 0.05) is 17.5 Å². The number of hydrogen-bond donors (Lipinski definition) is 2. The van der Waals surface area contributed by atoms with Gasteiger partial charge in [0.25, 0.3) is 0 Å². The molecule has 2 aromatic carbocycles. The lowest BCUT2D eigenvalue weighted by atomic mass is 10.0. The van der Waals surface area contributed by atoms with Crippen molar-refractivity contribution in [1.29, 1.82) is 0 Å². The molecule has 0 saturated carbocycles. The highest BCUT2D eigenvalue weighted by atomic mass is 16.4. The van der Waals surface area contributed by atoms with E-state index in [1.54, 1.807) is 0 Å². The highest BCUT2D eigenvalue weighted by Crippen LogP contribution is 2.26. The monoisotopic (exact) mass is 370 g/mol. The highest BCUT2D eigenvalue weighted by molar-refractivity contribution is 5.77. The van der Waals surface area contributed by atoms with E-state index in [1.807, 2.05) is 36.4 Å². The fourth-order valence-electron chi connectivity index (χ4n) is 2.33. The van der Waals surface area contributed by atoms with Crippen LogP contribution in [-0.4, -0.2) is 28.6 Å². The Labute approximate surface area is 156 Å².